The number of anilines is 3. The van der Waals surface area contributed by atoms with Gasteiger partial charge >= 0.3 is 0 Å². The molecule has 2 aliphatic rings. The molecular formula is C18H22N4O2. The minimum absolute atomic E-state index is 0.494. The average Bonchev–Trinajstić information content (AvgIpc) is 3.07. The fourth-order valence-electron chi connectivity index (χ4n) is 3.22. The van der Waals surface area contributed by atoms with Gasteiger partial charge in [0.1, 0.15) is 19.0 Å². The molecule has 0 saturated heterocycles. The van der Waals surface area contributed by atoms with E-state index < -0.39 is 0 Å². The molecule has 1 aromatic carbocycles. The maximum Gasteiger partial charge on any atom is 0.225 e. The average molecular weight is 326 g/mol. The number of hydrogen-bond donors (Lipinski definition) is 2. The fourth-order valence-corrected chi connectivity index (χ4v) is 3.22. The largest absolute Gasteiger partial charge is 0.486 e. The number of nitrogens with one attached hydrogen (secondary N) is 2. The van der Waals surface area contributed by atoms with Crippen molar-refractivity contribution in [2.75, 3.05) is 23.8 Å². The Morgan fingerprint density at radius 2 is 1.79 bits per heavy atom. The maximum atomic E-state index is 5.63. The molecule has 0 spiro atoms. The van der Waals surface area contributed by atoms with Gasteiger partial charge in [-0.2, -0.15) is 4.98 Å². The van der Waals surface area contributed by atoms with Crippen molar-refractivity contribution in [3.05, 3.63) is 30.0 Å². The molecule has 6 heteroatoms. The van der Waals surface area contributed by atoms with Crippen LogP contribution in [0.5, 0.6) is 11.5 Å². The zero-order valence-corrected chi connectivity index (χ0v) is 13.8. The van der Waals surface area contributed by atoms with E-state index in [0.29, 0.717) is 25.2 Å². The molecule has 24 heavy (non-hydrogen) atoms. The first-order valence-corrected chi connectivity index (χ1v) is 8.55. The van der Waals surface area contributed by atoms with E-state index in [0.717, 1.165) is 28.7 Å². The van der Waals surface area contributed by atoms with Crippen molar-refractivity contribution in [1.82, 2.24) is 9.97 Å². The Hall–Kier alpha value is -2.50. The Balaban J connectivity index is 1.52. The number of benzene rings is 1. The molecule has 0 unspecified atom stereocenters. The van der Waals surface area contributed by atoms with Crippen LogP contribution < -0.4 is 20.1 Å². The lowest BCUT2D eigenvalue weighted by Crippen LogP contribution is -2.17. The van der Waals surface area contributed by atoms with Crippen LogP contribution in [0.15, 0.2) is 24.3 Å². The quantitative estimate of drug-likeness (QED) is 0.894. The van der Waals surface area contributed by atoms with Gasteiger partial charge < -0.3 is 20.1 Å². The minimum Gasteiger partial charge on any atom is -0.486 e. The summed E-state index contributed by atoms with van der Waals surface area (Å²) in [6, 6.07) is 8.26. The van der Waals surface area contributed by atoms with E-state index >= 15 is 0 Å². The predicted molar refractivity (Wildman–Crippen MR) is 93.4 cm³/mol. The second-order valence-electron chi connectivity index (χ2n) is 6.33. The number of fused-ring (bicyclic) bond motifs is 1. The van der Waals surface area contributed by atoms with E-state index in [-0.39, 0.29) is 0 Å². The van der Waals surface area contributed by atoms with Crippen molar-refractivity contribution >= 4 is 17.5 Å². The van der Waals surface area contributed by atoms with E-state index in [1.165, 1.54) is 25.7 Å². The van der Waals surface area contributed by atoms with Crippen LogP contribution in [0.25, 0.3) is 0 Å². The summed E-state index contributed by atoms with van der Waals surface area (Å²) in [7, 11) is 0. The van der Waals surface area contributed by atoms with Crippen molar-refractivity contribution in [2.24, 2.45) is 0 Å². The first-order chi connectivity index (χ1) is 11.8. The summed E-state index contributed by atoms with van der Waals surface area (Å²) in [5.74, 6) is 3.03. The van der Waals surface area contributed by atoms with Gasteiger partial charge in [0.2, 0.25) is 5.95 Å². The van der Waals surface area contributed by atoms with Crippen molar-refractivity contribution < 1.29 is 9.47 Å². The van der Waals surface area contributed by atoms with E-state index in [2.05, 4.69) is 20.6 Å². The molecule has 0 atom stereocenters. The first-order valence-electron chi connectivity index (χ1n) is 8.55. The molecule has 6 nitrogen and oxygen atoms in total. The lowest BCUT2D eigenvalue weighted by molar-refractivity contribution is 0.171. The highest BCUT2D eigenvalue weighted by Gasteiger charge is 2.16. The Labute approximate surface area is 141 Å². The summed E-state index contributed by atoms with van der Waals surface area (Å²) >= 11 is 0. The summed E-state index contributed by atoms with van der Waals surface area (Å²) in [6.45, 7) is 3.16. The van der Waals surface area contributed by atoms with Crippen LogP contribution in [0.2, 0.25) is 0 Å². The zero-order valence-electron chi connectivity index (χ0n) is 13.8. The smallest absolute Gasteiger partial charge is 0.225 e. The normalized spacial score (nSPS) is 16.9. The molecule has 4 rings (SSSR count). The maximum absolute atomic E-state index is 5.63. The van der Waals surface area contributed by atoms with Gasteiger partial charge in [-0.05, 0) is 31.9 Å². The van der Waals surface area contributed by atoms with Crippen molar-refractivity contribution in [1.29, 1.82) is 0 Å². The second-order valence-corrected chi connectivity index (χ2v) is 6.33. The number of nitrogens with zero attached hydrogens (tertiary/aromatic N) is 2. The van der Waals surface area contributed by atoms with Crippen LogP contribution in [0.1, 0.15) is 31.4 Å². The standard InChI is InChI=1S/C18H22N4O2/c1-12-10-17(22-18(19-12)21-13-4-2-3-5-13)20-14-6-7-15-16(11-14)24-9-8-23-15/h6-7,10-11,13H,2-5,8-9H2,1H3,(H2,19,20,21,22). The van der Waals surface area contributed by atoms with Crippen LogP contribution in [-0.2, 0) is 0 Å². The Bertz CT molecular complexity index is 729. The van der Waals surface area contributed by atoms with Crippen molar-refractivity contribution in [3.63, 3.8) is 0 Å². The topological polar surface area (TPSA) is 68.3 Å². The summed E-state index contributed by atoms with van der Waals surface area (Å²) in [6.07, 6.45) is 4.96. The predicted octanol–water partition coefficient (Wildman–Crippen LogP) is 3.65. The lowest BCUT2D eigenvalue weighted by Gasteiger charge is -2.19. The SMILES string of the molecule is Cc1cc(Nc2ccc3c(c2)OCCO3)nc(NC2CCCC2)n1. The van der Waals surface area contributed by atoms with Gasteiger partial charge in [0, 0.05) is 29.6 Å². The van der Waals surface area contributed by atoms with E-state index in [1.54, 1.807) is 0 Å². The van der Waals surface area contributed by atoms with E-state index in [4.69, 9.17) is 9.47 Å². The molecule has 0 radical (unpaired) electrons. The molecule has 0 bridgehead atoms. The van der Waals surface area contributed by atoms with Crippen LogP contribution in [0.4, 0.5) is 17.5 Å². The summed E-state index contributed by atoms with van der Waals surface area (Å²) in [5, 5.41) is 6.78. The van der Waals surface area contributed by atoms with Crippen LogP contribution in [-0.4, -0.2) is 29.2 Å². The van der Waals surface area contributed by atoms with Crippen molar-refractivity contribution in [2.45, 2.75) is 38.6 Å². The lowest BCUT2D eigenvalue weighted by atomic mass is 10.2. The highest BCUT2D eigenvalue weighted by molar-refractivity contribution is 5.62. The number of hydrogen-bond acceptors (Lipinski definition) is 6. The second kappa shape index (κ2) is 6.55. The van der Waals surface area contributed by atoms with Gasteiger partial charge in [-0.15, -0.1) is 0 Å². The van der Waals surface area contributed by atoms with Crippen LogP contribution in [0.3, 0.4) is 0 Å². The highest BCUT2D eigenvalue weighted by Crippen LogP contribution is 2.33. The summed E-state index contributed by atoms with van der Waals surface area (Å²) in [5.41, 5.74) is 1.86. The minimum atomic E-state index is 0.494. The van der Waals surface area contributed by atoms with Gasteiger partial charge in [-0.1, -0.05) is 12.8 Å². The third kappa shape index (κ3) is 3.37. The molecule has 2 N–H and O–H groups in total. The third-order valence-corrected chi connectivity index (χ3v) is 4.36. The highest BCUT2D eigenvalue weighted by atomic mass is 16.6. The first kappa shape index (κ1) is 15.1. The third-order valence-electron chi connectivity index (χ3n) is 4.36. The monoisotopic (exact) mass is 326 g/mol. The number of rotatable bonds is 4. The molecule has 126 valence electrons. The molecule has 0 amide bonds. The molecule has 1 aliphatic heterocycles. The van der Waals surface area contributed by atoms with Crippen molar-refractivity contribution in [3.8, 4) is 11.5 Å². The van der Waals surface area contributed by atoms with E-state index in [1.807, 2.05) is 31.2 Å². The van der Waals surface area contributed by atoms with Gasteiger partial charge in [0.15, 0.2) is 11.5 Å². The summed E-state index contributed by atoms with van der Waals surface area (Å²) in [4.78, 5) is 9.10. The molecule has 1 saturated carbocycles. The van der Waals surface area contributed by atoms with E-state index in [9.17, 15) is 0 Å². The molecule has 2 heterocycles. The molecule has 1 fully saturated rings. The summed E-state index contributed by atoms with van der Waals surface area (Å²) < 4.78 is 11.2. The zero-order chi connectivity index (χ0) is 16.4. The van der Waals surface area contributed by atoms with Gasteiger partial charge in [-0.3, -0.25) is 0 Å². The molecule has 1 aliphatic carbocycles. The number of aryl methyl sites for hydroxylation is 1. The van der Waals surface area contributed by atoms with Crippen LogP contribution >= 0.6 is 0 Å². The van der Waals surface area contributed by atoms with Gasteiger partial charge in [0.05, 0.1) is 0 Å². The number of aromatic nitrogens is 2. The molecule has 1 aromatic heterocycles. The Morgan fingerprint density at radius 1 is 1.00 bits per heavy atom. The number of ether oxygens (including phenoxy) is 2. The fraction of sp³-hybridized carbons (Fsp3) is 0.444. The van der Waals surface area contributed by atoms with Crippen LogP contribution in [0, 0.1) is 6.92 Å². The van der Waals surface area contributed by atoms with Gasteiger partial charge in [-0.25, -0.2) is 4.98 Å². The molecule has 2 aromatic rings. The van der Waals surface area contributed by atoms with Gasteiger partial charge in [0.25, 0.3) is 0 Å². The molecular weight excluding hydrogens is 304 g/mol. The Kier molecular flexibility index (Phi) is 4.11. The Morgan fingerprint density at radius 3 is 2.62 bits per heavy atom.